The minimum Gasteiger partial charge on any atom is -0.399 e. The van der Waals surface area contributed by atoms with Crippen molar-refractivity contribution < 1.29 is 4.79 Å². The summed E-state index contributed by atoms with van der Waals surface area (Å²) in [5, 5.41) is 0. The van der Waals surface area contributed by atoms with E-state index in [0.29, 0.717) is 12.3 Å². The van der Waals surface area contributed by atoms with Crippen molar-refractivity contribution in [3.63, 3.8) is 0 Å². The second kappa shape index (κ2) is 5.87. The van der Waals surface area contributed by atoms with Crippen LogP contribution in [0.2, 0.25) is 0 Å². The van der Waals surface area contributed by atoms with E-state index in [1.165, 1.54) is 5.56 Å². The predicted octanol–water partition coefficient (Wildman–Crippen LogP) is 1.36. The van der Waals surface area contributed by atoms with Crippen LogP contribution in [0, 0.1) is 5.92 Å². The Morgan fingerprint density at radius 2 is 2.28 bits per heavy atom. The molecule has 1 atom stereocenters. The van der Waals surface area contributed by atoms with E-state index in [-0.39, 0.29) is 5.91 Å². The van der Waals surface area contributed by atoms with E-state index in [9.17, 15) is 4.79 Å². The highest BCUT2D eigenvalue weighted by Crippen LogP contribution is 2.21. The van der Waals surface area contributed by atoms with Crippen molar-refractivity contribution in [2.45, 2.75) is 25.8 Å². The first-order valence-corrected chi connectivity index (χ1v) is 6.48. The number of carbonyl (C=O) groups is 1. The molecular weight excluding hydrogens is 226 g/mol. The quantitative estimate of drug-likeness (QED) is 0.789. The van der Waals surface area contributed by atoms with Crippen molar-refractivity contribution in [2.24, 2.45) is 11.7 Å². The summed E-state index contributed by atoms with van der Waals surface area (Å²) in [7, 11) is 0. The molecule has 2 rings (SSSR count). The molecule has 1 fully saturated rings. The second-order valence-electron chi connectivity index (χ2n) is 5.16. The highest BCUT2D eigenvalue weighted by atomic mass is 16.1. The molecule has 0 spiro atoms. The molecule has 98 valence electrons. The Bertz CT molecular complexity index is 419. The average Bonchev–Trinajstić information content (AvgIpc) is 2.28. The molecule has 1 aromatic carbocycles. The molecule has 0 saturated carbocycles. The number of nitrogen functional groups attached to an aromatic ring is 1. The van der Waals surface area contributed by atoms with Crippen molar-refractivity contribution in [3.05, 3.63) is 29.8 Å². The van der Waals surface area contributed by atoms with Crippen molar-refractivity contribution in [2.75, 3.05) is 18.8 Å². The highest BCUT2D eigenvalue weighted by Gasteiger charge is 2.21. The van der Waals surface area contributed by atoms with Crippen molar-refractivity contribution >= 4 is 11.6 Å². The Kier molecular flexibility index (Phi) is 4.20. The van der Waals surface area contributed by atoms with Crippen molar-refractivity contribution in [1.82, 2.24) is 4.90 Å². The number of likely N-dealkylation sites (tertiary alicyclic amines) is 1. The first-order chi connectivity index (χ1) is 8.63. The van der Waals surface area contributed by atoms with Crippen LogP contribution in [0.4, 0.5) is 5.69 Å². The maximum Gasteiger partial charge on any atom is 0.217 e. The average molecular weight is 247 g/mol. The van der Waals surface area contributed by atoms with Crippen LogP contribution < -0.4 is 11.5 Å². The third kappa shape index (κ3) is 3.74. The van der Waals surface area contributed by atoms with Crippen LogP contribution in [0.3, 0.4) is 0 Å². The number of anilines is 1. The van der Waals surface area contributed by atoms with Gasteiger partial charge in [0.2, 0.25) is 5.91 Å². The van der Waals surface area contributed by atoms with Gasteiger partial charge in [0.15, 0.2) is 0 Å². The van der Waals surface area contributed by atoms with Crippen LogP contribution in [-0.2, 0) is 11.3 Å². The maximum atomic E-state index is 11.0. The summed E-state index contributed by atoms with van der Waals surface area (Å²) in [5.74, 6) is 0.225. The molecule has 1 aliphatic heterocycles. The van der Waals surface area contributed by atoms with E-state index in [0.717, 1.165) is 38.2 Å². The lowest BCUT2D eigenvalue weighted by atomic mass is 9.94. The summed E-state index contributed by atoms with van der Waals surface area (Å²) in [6, 6.07) is 7.98. The number of hydrogen-bond donors (Lipinski definition) is 2. The molecule has 1 aromatic rings. The Labute approximate surface area is 108 Å². The summed E-state index contributed by atoms with van der Waals surface area (Å²) in [4.78, 5) is 13.3. The SMILES string of the molecule is NC(=O)CC1CCCN(Cc2cccc(N)c2)C1. The molecule has 1 saturated heterocycles. The second-order valence-corrected chi connectivity index (χ2v) is 5.16. The zero-order chi connectivity index (χ0) is 13.0. The van der Waals surface area contributed by atoms with Crippen LogP contribution in [0.1, 0.15) is 24.8 Å². The minimum absolute atomic E-state index is 0.189. The van der Waals surface area contributed by atoms with Gasteiger partial charge in [-0.2, -0.15) is 0 Å². The van der Waals surface area contributed by atoms with Gasteiger partial charge in [0, 0.05) is 25.2 Å². The molecule has 1 heterocycles. The highest BCUT2D eigenvalue weighted by molar-refractivity contribution is 5.74. The van der Waals surface area contributed by atoms with Crippen LogP contribution in [0.5, 0.6) is 0 Å². The first kappa shape index (κ1) is 12.9. The predicted molar refractivity (Wildman–Crippen MR) is 72.7 cm³/mol. The lowest BCUT2D eigenvalue weighted by molar-refractivity contribution is -0.119. The minimum atomic E-state index is -0.189. The number of hydrogen-bond acceptors (Lipinski definition) is 3. The number of amides is 1. The molecule has 0 aliphatic carbocycles. The first-order valence-electron chi connectivity index (χ1n) is 6.48. The molecule has 4 nitrogen and oxygen atoms in total. The number of carbonyl (C=O) groups excluding carboxylic acids is 1. The summed E-state index contributed by atoms with van der Waals surface area (Å²) >= 11 is 0. The molecule has 1 amide bonds. The fraction of sp³-hybridized carbons (Fsp3) is 0.500. The smallest absolute Gasteiger partial charge is 0.217 e. The van der Waals surface area contributed by atoms with E-state index in [1.807, 2.05) is 18.2 Å². The topological polar surface area (TPSA) is 72.4 Å². The summed E-state index contributed by atoms with van der Waals surface area (Å²) < 4.78 is 0. The fourth-order valence-corrected chi connectivity index (χ4v) is 2.70. The van der Waals surface area contributed by atoms with Gasteiger partial charge in [0.05, 0.1) is 0 Å². The largest absolute Gasteiger partial charge is 0.399 e. The third-order valence-corrected chi connectivity index (χ3v) is 3.45. The van der Waals surface area contributed by atoms with Crippen LogP contribution in [0.15, 0.2) is 24.3 Å². The van der Waals surface area contributed by atoms with Gasteiger partial charge in [-0.25, -0.2) is 0 Å². The monoisotopic (exact) mass is 247 g/mol. The molecule has 1 unspecified atom stereocenters. The number of primary amides is 1. The lowest BCUT2D eigenvalue weighted by Gasteiger charge is -2.32. The van der Waals surface area contributed by atoms with E-state index in [1.54, 1.807) is 0 Å². The lowest BCUT2D eigenvalue weighted by Crippen LogP contribution is -2.36. The third-order valence-electron chi connectivity index (χ3n) is 3.45. The van der Waals surface area contributed by atoms with E-state index >= 15 is 0 Å². The fourth-order valence-electron chi connectivity index (χ4n) is 2.70. The number of nitrogens with two attached hydrogens (primary N) is 2. The Morgan fingerprint density at radius 1 is 1.44 bits per heavy atom. The zero-order valence-electron chi connectivity index (χ0n) is 10.6. The molecule has 18 heavy (non-hydrogen) atoms. The number of nitrogens with zero attached hydrogens (tertiary/aromatic N) is 1. The van der Waals surface area contributed by atoms with Crippen molar-refractivity contribution in [3.8, 4) is 0 Å². The van der Waals surface area contributed by atoms with Gasteiger partial charge in [-0.3, -0.25) is 9.69 Å². The van der Waals surface area contributed by atoms with Gasteiger partial charge < -0.3 is 11.5 Å². The molecular formula is C14H21N3O. The number of rotatable bonds is 4. The number of piperidine rings is 1. The summed E-state index contributed by atoms with van der Waals surface area (Å²) in [6.45, 7) is 2.95. The molecule has 0 radical (unpaired) electrons. The molecule has 4 N–H and O–H groups in total. The van der Waals surface area contributed by atoms with E-state index < -0.39 is 0 Å². The molecule has 1 aliphatic rings. The van der Waals surface area contributed by atoms with Crippen LogP contribution >= 0.6 is 0 Å². The van der Waals surface area contributed by atoms with Gasteiger partial charge in [0.1, 0.15) is 0 Å². The standard InChI is InChI=1S/C14H21N3O/c15-13-5-1-3-11(7-13)9-17-6-2-4-12(10-17)8-14(16)18/h1,3,5,7,12H,2,4,6,8-10,15H2,(H2,16,18). The molecule has 0 bridgehead atoms. The van der Waals surface area contributed by atoms with E-state index in [4.69, 9.17) is 11.5 Å². The van der Waals surface area contributed by atoms with Crippen LogP contribution in [0.25, 0.3) is 0 Å². The van der Waals surface area contributed by atoms with Gasteiger partial charge in [-0.15, -0.1) is 0 Å². The normalized spacial score (nSPS) is 20.8. The number of benzene rings is 1. The summed E-state index contributed by atoms with van der Waals surface area (Å²) in [6.07, 6.45) is 2.75. The maximum absolute atomic E-state index is 11.0. The Balaban J connectivity index is 1.91. The molecule has 0 aromatic heterocycles. The van der Waals surface area contributed by atoms with Crippen molar-refractivity contribution in [1.29, 1.82) is 0 Å². The zero-order valence-corrected chi connectivity index (χ0v) is 10.6. The van der Waals surface area contributed by atoms with Crippen LogP contribution in [-0.4, -0.2) is 23.9 Å². The Hall–Kier alpha value is -1.55. The van der Waals surface area contributed by atoms with E-state index in [2.05, 4.69) is 11.0 Å². The van der Waals surface area contributed by atoms with Gasteiger partial charge in [0.25, 0.3) is 0 Å². The molecule has 4 heteroatoms. The Morgan fingerprint density at radius 3 is 3.00 bits per heavy atom. The van der Waals surface area contributed by atoms with Gasteiger partial charge in [-0.05, 0) is 43.0 Å². The van der Waals surface area contributed by atoms with Gasteiger partial charge >= 0.3 is 0 Å². The van der Waals surface area contributed by atoms with Gasteiger partial charge in [-0.1, -0.05) is 12.1 Å². The summed E-state index contributed by atoms with van der Waals surface area (Å²) in [5.41, 5.74) is 13.1.